The molecule has 0 aliphatic heterocycles. The van der Waals surface area contributed by atoms with Crippen molar-refractivity contribution in [3.8, 4) is 0 Å². The number of hydrogen-bond donors (Lipinski definition) is 1. The van der Waals surface area contributed by atoms with Gasteiger partial charge in [0.05, 0.1) is 0 Å². The fourth-order valence-corrected chi connectivity index (χ4v) is 3.33. The molecule has 0 aromatic heterocycles. The number of nitrogens with one attached hydrogen (secondary N) is 1. The van der Waals surface area contributed by atoms with E-state index in [1.54, 1.807) is 0 Å². The summed E-state index contributed by atoms with van der Waals surface area (Å²) in [6.07, 6.45) is 5.74. The third kappa shape index (κ3) is 2.93. The minimum Gasteiger partial charge on any atom is -0.348 e. The zero-order chi connectivity index (χ0) is 14.4. The quantitative estimate of drug-likeness (QED) is 0.755. The predicted molar refractivity (Wildman–Crippen MR) is 79.7 cm³/mol. The second-order valence-electron chi connectivity index (χ2n) is 7.51. The van der Waals surface area contributed by atoms with E-state index < -0.39 is 0 Å². The maximum absolute atomic E-state index is 12.5. The van der Waals surface area contributed by atoms with E-state index in [0.29, 0.717) is 23.7 Å². The normalized spacial score (nSPS) is 30.2. The predicted octanol–water partition coefficient (Wildman–Crippen LogP) is 3.70. The molecule has 2 heteroatoms. The van der Waals surface area contributed by atoms with Gasteiger partial charge in [0.25, 0.3) is 0 Å². The summed E-state index contributed by atoms with van der Waals surface area (Å²) in [5.41, 5.74) is 2.27. The van der Waals surface area contributed by atoms with E-state index in [2.05, 4.69) is 38.2 Å². The first-order valence-electron chi connectivity index (χ1n) is 7.41. The molecule has 106 valence electrons. The first-order chi connectivity index (χ1) is 8.69. The summed E-state index contributed by atoms with van der Waals surface area (Å²) < 4.78 is 0. The van der Waals surface area contributed by atoms with Crippen molar-refractivity contribution in [1.82, 2.24) is 5.32 Å². The molecule has 0 saturated heterocycles. The van der Waals surface area contributed by atoms with Gasteiger partial charge in [0.15, 0.2) is 0 Å². The molecule has 19 heavy (non-hydrogen) atoms. The lowest BCUT2D eigenvalue weighted by Crippen LogP contribution is -2.45. The first-order valence-corrected chi connectivity index (χ1v) is 7.41. The topological polar surface area (TPSA) is 29.1 Å². The van der Waals surface area contributed by atoms with Crippen LogP contribution in [0.15, 0.2) is 23.3 Å². The lowest BCUT2D eigenvalue weighted by molar-refractivity contribution is -0.119. The van der Waals surface area contributed by atoms with Crippen molar-refractivity contribution in [2.45, 2.75) is 53.5 Å². The fourth-order valence-electron chi connectivity index (χ4n) is 3.33. The van der Waals surface area contributed by atoms with Crippen LogP contribution < -0.4 is 5.32 Å². The van der Waals surface area contributed by atoms with Gasteiger partial charge in [-0.15, -0.1) is 0 Å². The lowest BCUT2D eigenvalue weighted by Gasteiger charge is -2.42. The van der Waals surface area contributed by atoms with Gasteiger partial charge < -0.3 is 5.32 Å². The van der Waals surface area contributed by atoms with E-state index in [1.807, 2.05) is 20.8 Å². The fraction of sp³-hybridized carbons (Fsp3) is 0.706. The van der Waals surface area contributed by atoms with Crippen LogP contribution in [-0.4, -0.2) is 11.4 Å². The molecule has 0 heterocycles. The Morgan fingerprint density at radius 1 is 1.32 bits per heavy atom. The Kier molecular flexibility index (Phi) is 3.63. The average Bonchev–Trinajstić information content (AvgIpc) is 2.26. The smallest absolute Gasteiger partial charge is 0.247 e. The van der Waals surface area contributed by atoms with Crippen LogP contribution in [0.1, 0.15) is 48.0 Å². The highest BCUT2D eigenvalue weighted by molar-refractivity contribution is 5.95. The number of carbonyl (C=O) groups is 1. The van der Waals surface area contributed by atoms with Crippen LogP contribution >= 0.6 is 0 Å². The first kappa shape index (κ1) is 14.4. The highest BCUT2D eigenvalue weighted by Gasteiger charge is 2.40. The Labute approximate surface area is 117 Å². The van der Waals surface area contributed by atoms with Gasteiger partial charge in [-0.1, -0.05) is 31.6 Å². The number of hydrogen-bond acceptors (Lipinski definition) is 1. The minimum atomic E-state index is -0.166. The van der Waals surface area contributed by atoms with E-state index in [1.165, 1.54) is 12.0 Å². The van der Waals surface area contributed by atoms with Gasteiger partial charge in [-0.05, 0) is 51.9 Å². The van der Waals surface area contributed by atoms with Gasteiger partial charge in [0.2, 0.25) is 5.91 Å². The third-order valence-corrected chi connectivity index (χ3v) is 4.36. The molecule has 0 fully saturated rings. The van der Waals surface area contributed by atoms with E-state index in [9.17, 15) is 4.79 Å². The zero-order valence-corrected chi connectivity index (χ0v) is 13.1. The minimum absolute atomic E-state index is 0.122. The molecule has 2 bridgehead atoms. The van der Waals surface area contributed by atoms with Crippen LogP contribution in [-0.2, 0) is 4.79 Å². The zero-order valence-electron chi connectivity index (χ0n) is 13.1. The van der Waals surface area contributed by atoms with Crippen LogP contribution in [0.2, 0.25) is 0 Å². The summed E-state index contributed by atoms with van der Waals surface area (Å²) in [4.78, 5) is 12.5. The SMILES string of the molecule is CC1=C[C@@H]2C(C(=O)NC(C)(C)C)=C[C@H]1CC2C(C)C. The molecule has 0 radical (unpaired) electrons. The maximum atomic E-state index is 12.5. The number of rotatable bonds is 2. The summed E-state index contributed by atoms with van der Waals surface area (Å²) in [7, 11) is 0. The number of fused-ring (bicyclic) bond motifs is 1. The number of amides is 1. The van der Waals surface area contributed by atoms with E-state index in [4.69, 9.17) is 0 Å². The number of allylic oxidation sites excluding steroid dienone is 3. The van der Waals surface area contributed by atoms with Crippen molar-refractivity contribution in [2.75, 3.05) is 0 Å². The summed E-state index contributed by atoms with van der Waals surface area (Å²) >= 11 is 0. The highest BCUT2D eigenvalue weighted by atomic mass is 16.1. The molecule has 3 rings (SSSR count). The Morgan fingerprint density at radius 3 is 2.42 bits per heavy atom. The average molecular weight is 261 g/mol. The van der Waals surface area contributed by atoms with E-state index >= 15 is 0 Å². The Morgan fingerprint density at radius 2 is 1.95 bits per heavy atom. The van der Waals surface area contributed by atoms with Crippen LogP contribution in [0.4, 0.5) is 0 Å². The maximum Gasteiger partial charge on any atom is 0.247 e. The molecular formula is C17H27NO. The lowest BCUT2D eigenvalue weighted by atomic mass is 9.63. The third-order valence-electron chi connectivity index (χ3n) is 4.36. The Bertz CT molecular complexity index is 437. The summed E-state index contributed by atoms with van der Waals surface area (Å²) in [5, 5.41) is 3.11. The molecule has 1 N–H and O–H groups in total. The van der Waals surface area contributed by atoms with Gasteiger partial charge in [0.1, 0.15) is 0 Å². The molecule has 3 atom stereocenters. The summed E-state index contributed by atoms with van der Waals surface area (Å²) in [6, 6.07) is 0. The molecule has 0 saturated carbocycles. The molecule has 0 aromatic rings. The molecule has 3 aliphatic carbocycles. The molecule has 1 amide bonds. The van der Waals surface area contributed by atoms with Gasteiger partial charge >= 0.3 is 0 Å². The van der Waals surface area contributed by atoms with Crippen LogP contribution in [0, 0.1) is 23.7 Å². The number of carbonyl (C=O) groups excluding carboxylic acids is 1. The summed E-state index contributed by atoms with van der Waals surface area (Å²) in [6.45, 7) is 12.8. The van der Waals surface area contributed by atoms with Crippen molar-refractivity contribution in [2.24, 2.45) is 23.7 Å². The highest BCUT2D eigenvalue weighted by Crippen LogP contribution is 2.46. The molecule has 0 aromatic carbocycles. The van der Waals surface area contributed by atoms with Crippen molar-refractivity contribution in [1.29, 1.82) is 0 Å². The van der Waals surface area contributed by atoms with Crippen molar-refractivity contribution in [3.63, 3.8) is 0 Å². The van der Waals surface area contributed by atoms with E-state index in [0.717, 1.165) is 5.57 Å². The Balaban J connectivity index is 2.24. The molecule has 1 unspecified atom stereocenters. The van der Waals surface area contributed by atoms with Gasteiger partial charge in [-0.2, -0.15) is 0 Å². The standard InChI is InChI=1S/C17H27NO/c1-10(2)13-8-12-9-15(14(13)7-11(12)3)16(19)18-17(4,5)6/h7,9-10,12-14H,8H2,1-6H3,(H,18,19)/t12-,13?,14+/m1/s1. The monoisotopic (exact) mass is 261 g/mol. The second kappa shape index (κ2) is 4.81. The molecular weight excluding hydrogens is 234 g/mol. The van der Waals surface area contributed by atoms with Crippen molar-refractivity contribution in [3.05, 3.63) is 23.3 Å². The van der Waals surface area contributed by atoms with Gasteiger partial charge in [0, 0.05) is 17.0 Å². The second-order valence-corrected chi connectivity index (χ2v) is 7.51. The largest absolute Gasteiger partial charge is 0.348 e. The van der Waals surface area contributed by atoms with Crippen LogP contribution in [0.3, 0.4) is 0 Å². The van der Waals surface area contributed by atoms with Crippen molar-refractivity contribution >= 4 is 5.91 Å². The molecule has 2 nitrogen and oxygen atoms in total. The van der Waals surface area contributed by atoms with Crippen LogP contribution in [0.25, 0.3) is 0 Å². The molecule has 0 spiro atoms. The van der Waals surface area contributed by atoms with E-state index in [-0.39, 0.29) is 11.4 Å². The Hall–Kier alpha value is -1.05. The molecule has 3 aliphatic rings. The van der Waals surface area contributed by atoms with Gasteiger partial charge in [-0.3, -0.25) is 4.79 Å². The van der Waals surface area contributed by atoms with Crippen molar-refractivity contribution < 1.29 is 4.79 Å². The van der Waals surface area contributed by atoms with Gasteiger partial charge in [-0.25, -0.2) is 0 Å². The summed E-state index contributed by atoms with van der Waals surface area (Å²) in [5.74, 6) is 2.14. The van der Waals surface area contributed by atoms with Crippen LogP contribution in [0.5, 0.6) is 0 Å².